The van der Waals surface area contributed by atoms with Crippen LogP contribution in [0.3, 0.4) is 0 Å². The molecule has 0 rings (SSSR count). The molecule has 11 heavy (non-hydrogen) atoms. The Hall–Kier alpha value is -0.570. The van der Waals surface area contributed by atoms with Crippen LogP contribution in [-0.2, 0) is 10.2 Å². The summed E-state index contributed by atoms with van der Waals surface area (Å²) < 4.78 is 26.0. The van der Waals surface area contributed by atoms with Gasteiger partial charge in [-0.1, -0.05) is 0 Å². The molecule has 4 nitrogen and oxygen atoms in total. The highest BCUT2D eigenvalue weighted by molar-refractivity contribution is 7.87. The summed E-state index contributed by atoms with van der Waals surface area (Å²) in [7, 11) is -2.00. The van der Waals surface area contributed by atoms with Crippen LogP contribution in [0.5, 0.6) is 0 Å². The molecular weight excluding hydrogens is 164 g/mol. The molecule has 0 aromatic rings. The van der Waals surface area contributed by atoms with E-state index in [2.05, 4.69) is 15.4 Å². The molecule has 1 unspecified atom stereocenters. The van der Waals surface area contributed by atoms with Gasteiger partial charge in [0, 0.05) is 19.5 Å². The van der Waals surface area contributed by atoms with Gasteiger partial charge in [-0.2, -0.15) is 13.1 Å². The van der Waals surface area contributed by atoms with Crippen molar-refractivity contribution in [1.29, 1.82) is 0 Å². The lowest BCUT2D eigenvalue weighted by Crippen LogP contribution is -2.39. The second kappa shape index (κ2) is 4.34. The van der Waals surface area contributed by atoms with Crippen LogP contribution < -0.4 is 9.44 Å². The van der Waals surface area contributed by atoms with Crippen molar-refractivity contribution in [1.82, 2.24) is 9.44 Å². The van der Waals surface area contributed by atoms with Gasteiger partial charge in [0.15, 0.2) is 0 Å². The fourth-order valence-corrected chi connectivity index (χ4v) is 1.27. The normalized spacial score (nSPS) is 13.9. The van der Waals surface area contributed by atoms with E-state index in [0.29, 0.717) is 6.42 Å². The summed E-state index contributed by atoms with van der Waals surface area (Å²) in [6, 6.07) is -0.225. The zero-order valence-electron chi connectivity index (χ0n) is 6.59. The molecule has 0 aromatic heterocycles. The van der Waals surface area contributed by atoms with Crippen LogP contribution in [0.4, 0.5) is 0 Å². The largest absolute Gasteiger partial charge is 0.276 e. The molecule has 0 spiro atoms. The molecule has 0 aliphatic carbocycles. The fourth-order valence-electron chi connectivity index (χ4n) is 0.542. The summed E-state index contributed by atoms with van der Waals surface area (Å²) in [5, 5.41) is 0. The lowest BCUT2D eigenvalue weighted by molar-refractivity contribution is 0.555. The first-order chi connectivity index (χ1) is 5.02. The number of rotatable bonds is 4. The molecule has 0 amide bonds. The van der Waals surface area contributed by atoms with Gasteiger partial charge in [0.25, 0.3) is 10.2 Å². The fraction of sp³-hybridized carbons (Fsp3) is 0.667. The van der Waals surface area contributed by atoms with Gasteiger partial charge >= 0.3 is 0 Å². The Balaban J connectivity index is 3.97. The maximum absolute atomic E-state index is 10.8. The SMILES string of the molecule is C#CCC(C)NS(=O)(=O)NC. The summed E-state index contributed by atoms with van der Waals surface area (Å²) >= 11 is 0. The standard InChI is InChI=1S/C6H12N2O2S/c1-4-5-6(2)8-11(9,10)7-3/h1,6-8H,5H2,2-3H3. The third kappa shape index (κ3) is 4.79. The molecule has 0 aliphatic rings. The van der Waals surface area contributed by atoms with Gasteiger partial charge in [-0.25, -0.2) is 4.72 Å². The van der Waals surface area contributed by atoms with Crippen molar-refractivity contribution in [2.24, 2.45) is 0 Å². The molecule has 2 N–H and O–H groups in total. The minimum absolute atomic E-state index is 0.225. The maximum atomic E-state index is 10.8. The molecule has 0 fully saturated rings. The van der Waals surface area contributed by atoms with E-state index < -0.39 is 10.2 Å². The molecule has 0 saturated heterocycles. The average Bonchev–Trinajstić information content (AvgIpc) is 1.87. The lowest BCUT2D eigenvalue weighted by atomic mass is 10.3. The monoisotopic (exact) mass is 176 g/mol. The summed E-state index contributed by atoms with van der Waals surface area (Å²) in [5.74, 6) is 2.36. The van der Waals surface area contributed by atoms with Gasteiger partial charge < -0.3 is 0 Å². The number of hydrogen-bond donors (Lipinski definition) is 2. The first-order valence-electron chi connectivity index (χ1n) is 3.16. The predicted octanol–water partition coefficient (Wildman–Crippen LogP) is -0.548. The average molecular weight is 176 g/mol. The Kier molecular flexibility index (Phi) is 4.11. The topological polar surface area (TPSA) is 58.2 Å². The molecule has 0 saturated carbocycles. The van der Waals surface area contributed by atoms with Crippen LogP contribution in [-0.4, -0.2) is 21.5 Å². The minimum atomic E-state index is -3.34. The molecule has 0 aliphatic heterocycles. The molecule has 0 bridgehead atoms. The van der Waals surface area contributed by atoms with Crippen LogP contribution in [0, 0.1) is 12.3 Å². The summed E-state index contributed by atoms with van der Waals surface area (Å²) in [6.45, 7) is 1.70. The van der Waals surface area contributed by atoms with Gasteiger partial charge in [0.2, 0.25) is 0 Å². The predicted molar refractivity (Wildman–Crippen MR) is 44.0 cm³/mol. The first-order valence-corrected chi connectivity index (χ1v) is 4.64. The summed E-state index contributed by atoms with van der Waals surface area (Å²) in [6.07, 6.45) is 5.37. The van der Waals surface area contributed by atoms with Crippen LogP contribution in [0.1, 0.15) is 13.3 Å². The molecule has 5 heteroatoms. The molecule has 64 valence electrons. The highest BCUT2D eigenvalue weighted by Crippen LogP contribution is 1.89. The molecule has 0 aromatic carbocycles. The second-order valence-electron chi connectivity index (χ2n) is 2.13. The molecule has 0 heterocycles. The van der Waals surface area contributed by atoms with Crippen LogP contribution in [0.2, 0.25) is 0 Å². The van der Waals surface area contributed by atoms with Crippen molar-refractivity contribution in [2.45, 2.75) is 19.4 Å². The van der Waals surface area contributed by atoms with Gasteiger partial charge in [0.05, 0.1) is 0 Å². The van der Waals surface area contributed by atoms with Crippen LogP contribution in [0.25, 0.3) is 0 Å². The van der Waals surface area contributed by atoms with Crippen molar-refractivity contribution in [3.05, 3.63) is 0 Å². The molecular formula is C6H12N2O2S. The van der Waals surface area contributed by atoms with E-state index in [1.807, 2.05) is 0 Å². The third-order valence-electron chi connectivity index (χ3n) is 1.05. The van der Waals surface area contributed by atoms with Crippen LogP contribution in [0.15, 0.2) is 0 Å². The Bertz CT molecular complexity index is 240. The zero-order valence-corrected chi connectivity index (χ0v) is 7.40. The minimum Gasteiger partial charge on any atom is -0.205 e. The first kappa shape index (κ1) is 10.4. The molecule has 0 radical (unpaired) electrons. The van der Waals surface area contributed by atoms with E-state index in [4.69, 9.17) is 6.42 Å². The molecule has 1 atom stereocenters. The van der Waals surface area contributed by atoms with Crippen molar-refractivity contribution in [2.75, 3.05) is 7.05 Å². The summed E-state index contributed by atoms with van der Waals surface area (Å²) in [4.78, 5) is 0. The van der Waals surface area contributed by atoms with E-state index in [1.165, 1.54) is 7.05 Å². The second-order valence-corrected chi connectivity index (χ2v) is 3.79. The number of nitrogens with one attached hydrogen (secondary N) is 2. The Labute approximate surface area is 67.6 Å². The Morgan fingerprint density at radius 3 is 2.55 bits per heavy atom. The van der Waals surface area contributed by atoms with Crippen molar-refractivity contribution in [3.63, 3.8) is 0 Å². The zero-order chi connectivity index (χ0) is 8.91. The van der Waals surface area contributed by atoms with E-state index in [9.17, 15) is 8.42 Å². The highest BCUT2D eigenvalue weighted by atomic mass is 32.2. The Morgan fingerprint density at radius 1 is 1.64 bits per heavy atom. The van der Waals surface area contributed by atoms with Gasteiger partial charge in [-0.05, 0) is 6.92 Å². The van der Waals surface area contributed by atoms with Crippen molar-refractivity contribution in [3.8, 4) is 12.3 Å². The van der Waals surface area contributed by atoms with Gasteiger partial charge in [0.1, 0.15) is 0 Å². The highest BCUT2D eigenvalue weighted by Gasteiger charge is 2.09. The third-order valence-corrected chi connectivity index (χ3v) is 2.30. The summed E-state index contributed by atoms with van der Waals surface area (Å²) in [5.41, 5.74) is 0. The van der Waals surface area contributed by atoms with Crippen LogP contribution >= 0.6 is 0 Å². The maximum Gasteiger partial charge on any atom is 0.276 e. The smallest absolute Gasteiger partial charge is 0.205 e. The van der Waals surface area contributed by atoms with E-state index in [0.717, 1.165) is 0 Å². The Morgan fingerprint density at radius 2 is 2.18 bits per heavy atom. The van der Waals surface area contributed by atoms with E-state index in [-0.39, 0.29) is 6.04 Å². The lowest BCUT2D eigenvalue weighted by Gasteiger charge is -2.09. The number of terminal acetylenes is 1. The van der Waals surface area contributed by atoms with Crippen molar-refractivity contribution >= 4 is 10.2 Å². The van der Waals surface area contributed by atoms with E-state index >= 15 is 0 Å². The van der Waals surface area contributed by atoms with Crippen molar-refractivity contribution < 1.29 is 8.42 Å². The quantitative estimate of drug-likeness (QED) is 0.565. The van der Waals surface area contributed by atoms with E-state index in [1.54, 1.807) is 6.92 Å². The number of hydrogen-bond acceptors (Lipinski definition) is 2. The van der Waals surface area contributed by atoms with Gasteiger partial charge in [-0.3, -0.25) is 0 Å². The van der Waals surface area contributed by atoms with Gasteiger partial charge in [-0.15, -0.1) is 12.3 Å².